The van der Waals surface area contributed by atoms with Gasteiger partial charge in [-0.25, -0.2) is 4.79 Å². The third kappa shape index (κ3) is 6.48. The predicted molar refractivity (Wildman–Crippen MR) is 98.0 cm³/mol. The van der Waals surface area contributed by atoms with Crippen LogP contribution < -0.4 is 9.47 Å². The monoisotopic (exact) mass is 378 g/mol. The van der Waals surface area contributed by atoms with E-state index in [2.05, 4.69) is 0 Å². The minimum atomic E-state index is -0.569. The molecule has 26 heavy (non-hydrogen) atoms. The van der Waals surface area contributed by atoms with Crippen LogP contribution >= 0.6 is 11.6 Å². The van der Waals surface area contributed by atoms with Crippen LogP contribution in [0.2, 0.25) is 0 Å². The van der Waals surface area contributed by atoms with Gasteiger partial charge in [-0.05, 0) is 79.4 Å². The second kappa shape index (κ2) is 10.6. The molecule has 0 aliphatic heterocycles. The van der Waals surface area contributed by atoms with Gasteiger partial charge in [0.15, 0.2) is 0 Å². The lowest BCUT2D eigenvalue weighted by molar-refractivity contribution is 0.0734. The summed E-state index contributed by atoms with van der Waals surface area (Å²) in [6.45, 7) is 0.287. The standard InChI is InChI=1S/C20H20ClFO4/c21-19(23)15-5-11-18(12-6-15)26-20(24)16-7-9-17(10-8-16)25-14-4-2-1-3-13-22/h5-12H,1-4,13-14H2. The Morgan fingerprint density at radius 1 is 0.808 bits per heavy atom. The summed E-state index contributed by atoms with van der Waals surface area (Å²) in [4.78, 5) is 23.1. The number of hydrogen-bond donors (Lipinski definition) is 0. The number of alkyl halides is 1. The van der Waals surface area contributed by atoms with E-state index in [0.29, 0.717) is 35.7 Å². The number of unbranched alkanes of at least 4 members (excludes halogenated alkanes) is 3. The van der Waals surface area contributed by atoms with Gasteiger partial charge in [0.05, 0.1) is 18.8 Å². The zero-order valence-corrected chi connectivity index (χ0v) is 15.0. The van der Waals surface area contributed by atoms with Crippen molar-refractivity contribution in [1.82, 2.24) is 0 Å². The molecule has 6 heteroatoms. The van der Waals surface area contributed by atoms with Crippen molar-refractivity contribution < 1.29 is 23.5 Å². The van der Waals surface area contributed by atoms with Crippen molar-refractivity contribution in [3.8, 4) is 11.5 Å². The van der Waals surface area contributed by atoms with Crippen LogP contribution in [0.5, 0.6) is 11.5 Å². The molecule has 4 nitrogen and oxygen atoms in total. The maximum absolute atomic E-state index is 12.1. The Morgan fingerprint density at radius 3 is 2.00 bits per heavy atom. The summed E-state index contributed by atoms with van der Waals surface area (Å²) in [5.41, 5.74) is 0.718. The fraction of sp³-hybridized carbons (Fsp3) is 0.300. The summed E-state index contributed by atoms with van der Waals surface area (Å²) in [5.74, 6) is 0.481. The van der Waals surface area contributed by atoms with Crippen molar-refractivity contribution in [1.29, 1.82) is 0 Å². The normalized spacial score (nSPS) is 10.4. The van der Waals surface area contributed by atoms with Crippen LogP contribution in [0.1, 0.15) is 46.4 Å². The molecule has 138 valence electrons. The number of hydrogen-bond acceptors (Lipinski definition) is 4. The molecule has 0 radical (unpaired) electrons. The lowest BCUT2D eigenvalue weighted by Crippen LogP contribution is -2.08. The number of carbonyl (C=O) groups is 2. The highest BCUT2D eigenvalue weighted by molar-refractivity contribution is 6.67. The van der Waals surface area contributed by atoms with Crippen LogP contribution in [-0.2, 0) is 0 Å². The van der Waals surface area contributed by atoms with Crippen LogP contribution in [0.4, 0.5) is 4.39 Å². The lowest BCUT2D eigenvalue weighted by atomic mass is 10.2. The van der Waals surface area contributed by atoms with Crippen LogP contribution in [0.15, 0.2) is 48.5 Å². The molecule has 0 saturated carbocycles. The van der Waals surface area contributed by atoms with Crippen molar-refractivity contribution in [2.75, 3.05) is 13.3 Å². The third-order valence-electron chi connectivity index (χ3n) is 3.68. The van der Waals surface area contributed by atoms with Crippen LogP contribution in [0.3, 0.4) is 0 Å². The first kappa shape index (κ1) is 19.9. The molecule has 2 aromatic carbocycles. The molecular formula is C20H20ClFO4. The molecule has 0 bridgehead atoms. The largest absolute Gasteiger partial charge is 0.494 e. The van der Waals surface area contributed by atoms with Crippen molar-refractivity contribution in [2.24, 2.45) is 0 Å². The van der Waals surface area contributed by atoms with E-state index in [9.17, 15) is 14.0 Å². The first-order valence-electron chi connectivity index (χ1n) is 8.41. The van der Waals surface area contributed by atoms with E-state index >= 15 is 0 Å². The summed E-state index contributed by atoms with van der Waals surface area (Å²) in [6.07, 6.45) is 3.26. The zero-order valence-electron chi connectivity index (χ0n) is 14.3. The summed E-state index contributed by atoms with van der Waals surface area (Å²) >= 11 is 5.37. The predicted octanol–water partition coefficient (Wildman–Crippen LogP) is 5.19. The molecule has 0 saturated heterocycles. The Labute approximate surface area is 156 Å². The lowest BCUT2D eigenvalue weighted by Gasteiger charge is -2.08. The second-order valence-electron chi connectivity index (χ2n) is 5.66. The maximum atomic E-state index is 12.1. The van der Waals surface area contributed by atoms with Crippen molar-refractivity contribution in [3.63, 3.8) is 0 Å². The molecule has 0 spiro atoms. The molecule has 0 N–H and O–H groups in total. The molecule has 0 fully saturated rings. The molecule has 0 atom stereocenters. The molecule has 2 aromatic rings. The average molecular weight is 379 g/mol. The van der Waals surface area contributed by atoms with Crippen LogP contribution in [0, 0.1) is 0 Å². The van der Waals surface area contributed by atoms with Crippen molar-refractivity contribution in [2.45, 2.75) is 25.7 Å². The highest BCUT2D eigenvalue weighted by atomic mass is 35.5. The quantitative estimate of drug-likeness (QED) is 0.247. The van der Waals surface area contributed by atoms with Gasteiger partial charge in [0.25, 0.3) is 5.24 Å². The number of esters is 1. The number of benzene rings is 2. The minimum Gasteiger partial charge on any atom is -0.494 e. The number of ether oxygens (including phenoxy) is 2. The van der Waals surface area contributed by atoms with E-state index in [1.807, 2.05) is 0 Å². The first-order chi connectivity index (χ1) is 12.6. The molecular weight excluding hydrogens is 359 g/mol. The van der Waals surface area contributed by atoms with Gasteiger partial charge in [0.2, 0.25) is 0 Å². The van der Waals surface area contributed by atoms with Crippen LogP contribution in [-0.4, -0.2) is 24.5 Å². The van der Waals surface area contributed by atoms with Gasteiger partial charge >= 0.3 is 5.97 Å². The second-order valence-corrected chi connectivity index (χ2v) is 6.01. The molecule has 0 heterocycles. The van der Waals surface area contributed by atoms with Gasteiger partial charge in [-0.1, -0.05) is 6.42 Å². The van der Waals surface area contributed by atoms with Crippen molar-refractivity contribution in [3.05, 3.63) is 59.7 Å². The summed E-state index contributed by atoms with van der Waals surface area (Å²) in [5, 5.41) is -0.569. The van der Waals surface area contributed by atoms with Crippen molar-refractivity contribution >= 4 is 22.8 Å². The molecule has 0 amide bonds. The summed E-state index contributed by atoms with van der Waals surface area (Å²) in [7, 11) is 0. The highest BCUT2D eigenvalue weighted by Crippen LogP contribution is 2.17. The van der Waals surface area contributed by atoms with E-state index in [-0.39, 0.29) is 6.67 Å². The van der Waals surface area contributed by atoms with E-state index < -0.39 is 11.2 Å². The summed E-state index contributed by atoms with van der Waals surface area (Å²) < 4.78 is 22.8. The highest BCUT2D eigenvalue weighted by Gasteiger charge is 2.09. The fourth-order valence-corrected chi connectivity index (χ4v) is 2.37. The average Bonchev–Trinajstić information content (AvgIpc) is 2.65. The van der Waals surface area contributed by atoms with Gasteiger partial charge in [-0.2, -0.15) is 0 Å². The van der Waals surface area contributed by atoms with Gasteiger partial charge in [0.1, 0.15) is 11.5 Å². The smallest absolute Gasteiger partial charge is 0.343 e. The summed E-state index contributed by atoms with van der Waals surface area (Å²) in [6, 6.07) is 12.6. The fourth-order valence-electron chi connectivity index (χ4n) is 2.25. The Kier molecular flexibility index (Phi) is 8.09. The Hall–Kier alpha value is -2.40. The zero-order chi connectivity index (χ0) is 18.8. The number of carbonyl (C=O) groups excluding carboxylic acids is 2. The molecule has 0 aliphatic rings. The minimum absolute atomic E-state index is 0.270. The first-order valence-corrected chi connectivity index (χ1v) is 8.79. The van der Waals surface area contributed by atoms with Gasteiger partial charge < -0.3 is 9.47 Å². The number of rotatable bonds is 10. The van der Waals surface area contributed by atoms with Gasteiger partial charge in [0, 0.05) is 5.56 Å². The third-order valence-corrected chi connectivity index (χ3v) is 3.90. The number of halogens is 2. The molecule has 2 rings (SSSR count). The van der Waals surface area contributed by atoms with E-state index in [4.69, 9.17) is 21.1 Å². The molecule has 0 unspecified atom stereocenters. The van der Waals surface area contributed by atoms with Gasteiger partial charge in [-0.3, -0.25) is 9.18 Å². The van der Waals surface area contributed by atoms with Crippen LogP contribution in [0.25, 0.3) is 0 Å². The van der Waals surface area contributed by atoms with E-state index in [0.717, 1.165) is 19.3 Å². The topological polar surface area (TPSA) is 52.6 Å². The Morgan fingerprint density at radius 2 is 1.38 bits per heavy atom. The Bertz CT molecular complexity index is 714. The van der Waals surface area contributed by atoms with E-state index in [1.54, 1.807) is 24.3 Å². The van der Waals surface area contributed by atoms with Gasteiger partial charge in [-0.15, -0.1) is 0 Å². The SMILES string of the molecule is O=C(Cl)c1ccc(OC(=O)c2ccc(OCCCCCCF)cc2)cc1. The van der Waals surface area contributed by atoms with E-state index in [1.165, 1.54) is 24.3 Å². The maximum Gasteiger partial charge on any atom is 0.343 e. The molecule has 0 aliphatic carbocycles. The Balaban J connectivity index is 1.81. The molecule has 0 aromatic heterocycles.